The van der Waals surface area contributed by atoms with Gasteiger partial charge in [0.2, 0.25) is 0 Å². The topological polar surface area (TPSA) is 109 Å². The first-order valence-corrected chi connectivity index (χ1v) is 11.2. The van der Waals surface area contributed by atoms with Crippen molar-refractivity contribution in [3.05, 3.63) is 68.3 Å². The van der Waals surface area contributed by atoms with E-state index in [2.05, 4.69) is 32.2 Å². The van der Waals surface area contributed by atoms with Crippen molar-refractivity contribution in [1.29, 1.82) is 5.26 Å². The van der Waals surface area contributed by atoms with Crippen molar-refractivity contribution >= 4 is 27.9 Å². The molecule has 1 unspecified atom stereocenters. The van der Waals surface area contributed by atoms with Gasteiger partial charge in [-0.25, -0.2) is 0 Å². The predicted octanol–water partition coefficient (Wildman–Crippen LogP) is 6.19. The van der Waals surface area contributed by atoms with Crippen LogP contribution < -0.4 is 5.32 Å². The smallest absolute Gasteiger partial charge is 0.292 e. The molecule has 2 heterocycles. The Morgan fingerprint density at radius 3 is 2.78 bits per heavy atom. The van der Waals surface area contributed by atoms with Gasteiger partial charge in [-0.1, -0.05) is 32.9 Å². The number of furan rings is 1. The third-order valence-corrected chi connectivity index (χ3v) is 7.17. The van der Waals surface area contributed by atoms with Crippen molar-refractivity contribution in [3.63, 3.8) is 0 Å². The Morgan fingerprint density at radius 2 is 2.09 bits per heavy atom. The van der Waals surface area contributed by atoms with Gasteiger partial charge >= 0.3 is 0 Å². The molecule has 0 saturated heterocycles. The van der Waals surface area contributed by atoms with Crippen LogP contribution in [0.15, 0.2) is 40.8 Å². The van der Waals surface area contributed by atoms with Gasteiger partial charge in [-0.05, 0) is 48.3 Å². The monoisotopic (exact) mass is 449 g/mol. The lowest BCUT2D eigenvalue weighted by atomic mass is 9.72. The lowest BCUT2D eigenvalue weighted by molar-refractivity contribution is -0.384. The number of anilines is 1. The quantitative estimate of drug-likeness (QED) is 0.377. The second-order valence-corrected chi connectivity index (χ2v) is 10.2. The number of thiophene rings is 1. The van der Waals surface area contributed by atoms with Gasteiger partial charge in [0, 0.05) is 22.6 Å². The Bertz CT molecular complexity index is 1240. The molecule has 7 nitrogen and oxygen atoms in total. The lowest BCUT2D eigenvalue weighted by Crippen LogP contribution is -2.26. The van der Waals surface area contributed by atoms with Crippen molar-refractivity contribution in [2.24, 2.45) is 11.3 Å². The van der Waals surface area contributed by atoms with Crippen molar-refractivity contribution < 1.29 is 14.1 Å². The van der Waals surface area contributed by atoms with Gasteiger partial charge in [0.05, 0.1) is 10.5 Å². The van der Waals surface area contributed by atoms with Gasteiger partial charge in [0.25, 0.3) is 11.6 Å². The molecule has 32 heavy (non-hydrogen) atoms. The summed E-state index contributed by atoms with van der Waals surface area (Å²) in [5.74, 6) is 0.516. The van der Waals surface area contributed by atoms with E-state index in [1.165, 1.54) is 34.4 Å². The number of hydrogen-bond donors (Lipinski definition) is 1. The average Bonchev–Trinajstić information content (AvgIpc) is 3.37. The minimum absolute atomic E-state index is 0.0544. The summed E-state index contributed by atoms with van der Waals surface area (Å²) >= 11 is 1.47. The molecule has 0 spiro atoms. The van der Waals surface area contributed by atoms with E-state index in [-0.39, 0.29) is 16.9 Å². The van der Waals surface area contributed by atoms with Crippen LogP contribution in [0, 0.1) is 32.8 Å². The van der Waals surface area contributed by atoms with Crippen LogP contribution in [0.2, 0.25) is 0 Å². The number of non-ortho nitro benzene ring substituents is 1. The molecule has 8 heteroatoms. The maximum absolute atomic E-state index is 12.8. The van der Waals surface area contributed by atoms with Crippen molar-refractivity contribution in [2.45, 2.75) is 40.0 Å². The summed E-state index contributed by atoms with van der Waals surface area (Å²) in [6.45, 7) is 6.71. The maximum Gasteiger partial charge on any atom is 0.292 e. The zero-order valence-corrected chi connectivity index (χ0v) is 18.9. The summed E-state index contributed by atoms with van der Waals surface area (Å²) in [5.41, 5.74) is 2.23. The standard InChI is InChI=1S/C24H23N3O4S/c1-24(2,3)15-7-8-17-18(13-25)23(32-21(17)12-15)26-22(28)20-10-9-19(31-20)14-5-4-6-16(11-14)27(29)30/h4-6,9-11,15H,7-8,12H2,1-3H3,(H,26,28). The number of nitro groups is 1. The minimum Gasteiger partial charge on any atom is -0.451 e. The third-order valence-electron chi connectivity index (χ3n) is 6.00. The summed E-state index contributed by atoms with van der Waals surface area (Å²) in [7, 11) is 0. The molecule has 2 aromatic heterocycles. The zero-order chi connectivity index (χ0) is 23.0. The number of nitrogens with zero attached hydrogens (tertiary/aromatic N) is 2. The van der Waals surface area contributed by atoms with Crippen LogP contribution in [0.1, 0.15) is 53.8 Å². The average molecular weight is 450 g/mol. The van der Waals surface area contributed by atoms with Gasteiger partial charge < -0.3 is 9.73 Å². The number of hydrogen-bond acceptors (Lipinski definition) is 6. The Morgan fingerprint density at radius 1 is 1.31 bits per heavy atom. The van der Waals surface area contributed by atoms with Gasteiger partial charge in [0.15, 0.2) is 5.76 Å². The van der Waals surface area contributed by atoms with E-state index in [4.69, 9.17) is 4.42 Å². The Hall–Kier alpha value is -3.44. The molecule has 0 radical (unpaired) electrons. The highest BCUT2D eigenvalue weighted by molar-refractivity contribution is 7.16. The number of nitro benzene ring substituents is 1. The van der Waals surface area contributed by atoms with Crippen LogP contribution in [0.5, 0.6) is 0 Å². The van der Waals surface area contributed by atoms with Crippen LogP contribution in [0.4, 0.5) is 10.7 Å². The van der Waals surface area contributed by atoms with Gasteiger partial charge in [-0.3, -0.25) is 14.9 Å². The highest BCUT2D eigenvalue weighted by Gasteiger charge is 2.32. The maximum atomic E-state index is 12.8. The fourth-order valence-corrected chi connectivity index (χ4v) is 5.36. The molecule has 0 saturated carbocycles. The second kappa shape index (κ2) is 8.24. The van der Waals surface area contributed by atoms with Crippen LogP contribution in [-0.4, -0.2) is 10.8 Å². The molecular weight excluding hydrogens is 426 g/mol. The number of rotatable bonds is 4. The Labute approximate surface area is 189 Å². The molecule has 164 valence electrons. The van der Waals surface area contributed by atoms with Gasteiger partial charge in [-0.2, -0.15) is 5.26 Å². The number of carbonyl (C=O) groups excluding carboxylic acids is 1. The summed E-state index contributed by atoms with van der Waals surface area (Å²) in [5, 5.41) is 24.1. The molecule has 4 rings (SSSR count). The van der Waals surface area contributed by atoms with E-state index < -0.39 is 10.8 Å². The summed E-state index contributed by atoms with van der Waals surface area (Å²) in [6.07, 6.45) is 2.77. The van der Waals surface area contributed by atoms with Crippen molar-refractivity contribution in [2.75, 3.05) is 5.32 Å². The zero-order valence-electron chi connectivity index (χ0n) is 18.1. The predicted molar refractivity (Wildman–Crippen MR) is 123 cm³/mol. The largest absolute Gasteiger partial charge is 0.451 e. The first-order chi connectivity index (χ1) is 15.2. The molecule has 1 aliphatic rings. The molecule has 0 bridgehead atoms. The normalized spacial score (nSPS) is 15.6. The number of amides is 1. The van der Waals surface area contributed by atoms with Crippen LogP contribution in [0.25, 0.3) is 11.3 Å². The van der Waals surface area contributed by atoms with Crippen molar-refractivity contribution in [3.8, 4) is 17.4 Å². The van der Waals surface area contributed by atoms with Crippen molar-refractivity contribution in [1.82, 2.24) is 0 Å². The first kappa shape index (κ1) is 21.8. The number of carbonyl (C=O) groups is 1. The van der Waals surface area contributed by atoms with E-state index in [1.54, 1.807) is 18.2 Å². The molecule has 1 N–H and O–H groups in total. The Kier molecular flexibility index (Phi) is 5.61. The summed E-state index contributed by atoms with van der Waals surface area (Å²) < 4.78 is 5.66. The van der Waals surface area contributed by atoms with E-state index in [0.29, 0.717) is 27.8 Å². The van der Waals surface area contributed by atoms with E-state index in [1.807, 2.05) is 0 Å². The van der Waals surface area contributed by atoms with E-state index in [0.717, 1.165) is 24.8 Å². The number of nitrogens with one attached hydrogen (secondary N) is 1. The molecular formula is C24H23N3O4S. The molecule has 3 aromatic rings. The SMILES string of the molecule is CC(C)(C)C1CCc2c(sc(NC(=O)c3ccc(-c4cccc([N+](=O)[O-])c4)o3)c2C#N)C1. The molecule has 0 fully saturated rings. The van der Waals surface area contributed by atoms with Gasteiger partial charge in [0.1, 0.15) is 16.8 Å². The summed E-state index contributed by atoms with van der Waals surface area (Å²) in [6, 6.07) is 11.4. The number of fused-ring (bicyclic) bond motifs is 1. The number of nitriles is 1. The third kappa shape index (κ3) is 4.16. The molecule has 0 aliphatic heterocycles. The van der Waals surface area contributed by atoms with Gasteiger partial charge in [-0.15, -0.1) is 11.3 Å². The molecule has 1 amide bonds. The highest BCUT2D eigenvalue weighted by atomic mass is 32.1. The van der Waals surface area contributed by atoms with E-state index >= 15 is 0 Å². The van der Waals surface area contributed by atoms with Crippen LogP contribution in [-0.2, 0) is 12.8 Å². The molecule has 1 aromatic carbocycles. The number of benzene rings is 1. The molecule has 1 atom stereocenters. The first-order valence-electron chi connectivity index (χ1n) is 10.4. The van der Waals surface area contributed by atoms with Crippen LogP contribution in [0.3, 0.4) is 0 Å². The fraction of sp³-hybridized carbons (Fsp3) is 0.333. The summed E-state index contributed by atoms with van der Waals surface area (Å²) in [4.78, 5) is 24.5. The fourth-order valence-electron chi connectivity index (χ4n) is 4.08. The highest BCUT2D eigenvalue weighted by Crippen LogP contribution is 2.44. The lowest BCUT2D eigenvalue weighted by Gasteiger charge is -2.33. The second-order valence-electron chi connectivity index (χ2n) is 9.05. The van der Waals surface area contributed by atoms with Crippen LogP contribution >= 0.6 is 11.3 Å². The minimum atomic E-state index is -0.480. The molecule has 1 aliphatic carbocycles. The van der Waals surface area contributed by atoms with E-state index in [9.17, 15) is 20.2 Å². The Balaban J connectivity index is 1.56.